The van der Waals surface area contributed by atoms with E-state index in [-0.39, 0.29) is 30.7 Å². The van der Waals surface area contributed by atoms with Crippen LogP contribution in [0.15, 0.2) is 36.4 Å². The highest BCUT2D eigenvalue weighted by atomic mass is 35.5. The van der Waals surface area contributed by atoms with Crippen LogP contribution in [-0.2, 0) is 11.2 Å². The molecular weight excluding hydrogens is 361 g/mol. The SMILES string of the molecule is CCCC(N)C(=O)NCCCc1cc(N)n(-c2ccccc2)n1.Cl.Cl. The number of aryl methyl sites for hydroxylation is 1. The number of aromatic nitrogens is 2. The Bertz CT molecular complexity index is 633. The van der Waals surface area contributed by atoms with Crippen LogP contribution < -0.4 is 16.8 Å². The monoisotopic (exact) mass is 387 g/mol. The van der Waals surface area contributed by atoms with Gasteiger partial charge in [0, 0.05) is 12.6 Å². The van der Waals surface area contributed by atoms with Gasteiger partial charge in [0.1, 0.15) is 5.82 Å². The van der Waals surface area contributed by atoms with Crippen LogP contribution in [0.5, 0.6) is 0 Å². The molecule has 0 saturated heterocycles. The molecule has 2 aromatic rings. The first-order valence-electron chi connectivity index (χ1n) is 8.05. The standard InChI is InChI=1S/C17H25N5O.2ClH/c1-2-7-15(18)17(23)20-11-6-8-13-12-16(19)22(21-13)14-9-4-3-5-10-14;;/h3-5,9-10,12,15H,2,6-8,11,18-19H2,1H3,(H,20,23);2*1H. The summed E-state index contributed by atoms with van der Waals surface area (Å²) in [5.41, 5.74) is 13.6. The molecule has 6 nitrogen and oxygen atoms in total. The van der Waals surface area contributed by atoms with Gasteiger partial charge in [-0.2, -0.15) is 5.10 Å². The van der Waals surface area contributed by atoms with E-state index in [1.807, 2.05) is 43.3 Å². The summed E-state index contributed by atoms with van der Waals surface area (Å²) in [6, 6.07) is 11.2. The lowest BCUT2D eigenvalue weighted by Gasteiger charge is -2.10. The van der Waals surface area contributed by atoms with Crippen LogP contribution in [0, 0.1) is 0 Å². The van der Waals surface area contributed by atoms with Gasteiger partial charge >= 0.3 is 0 Å². The van der Waals surface area contributed by atoms with Crippen LogP contribution in [-0.4, -0.2) is 28.3 Å². The molecular formula is C17H27Cl2N5O. The highest BCUT2D eigenvalue weighted by Crippen LogP contribution is 2.14. The summed E-state index contributed by atoms with van der Waals surface area (Å²) in [6.45, 7) is 2.61. The number of rotatable bonds is 8. The molecule has 8 heteroatoms. The second-order valence-corrected chi connectivity index (χ2v) is 5.60. The Hall–Kier alpha value is -1.76. The van der Waals surface area contributed by atoms with Gasteiger partial charge in [0.2, 0.25) is 5.91 Å². The molecule has 25 heavy (non-hydrogen) atoms. The topological polar surface area (TPSA) is 99.0 Å². The number of nitrogens with zero attached hydrogens (tertiary/aromatic N) is 2. The van der Waals surface area contributed by atoms with E-state index >= 15 is 0 Å². The van der Waals surface area contributed by atoms with E-state index in [4.69, 9.17) is 11.5 Å². The van der Waals surface area contributed by atoms with Crippen molar-refractivity contribution in [1.82, 2.24) is 15.1 Å². The Kier molecular flexibility index (Phi) is 10.9. The van der Waals surface area contributed by atoms with Crippen molar-refractivity contribution in [2.75, 3.05) is 12.3 Å². The molecule has 0 spiro atoms. The number of hydrogen-bond acceptors (Lipinski definition) is 4. The summed E-state index contributed by atoms with van der Waals surface area (Å²) in [5, 5.41) is 7.38. The van der Waals surface area contributed by atoms with Gasteiger partial charge in [-0.25, -0.2) is 4.68 Å². The van der Waals surface area contributed by atoms with Gasteiger partial charge in [0.05, 0.1) is 17.4 Å². The number of hydrogen-bond donors (Lipinski definition) is 3. The largest absolute Gasteiger partial charge is 0.384 e. The molecule has 140 valence electrons. The minimum Gasteiger partial charge on any atom is -0.384 e. The molecule has 1 amide bonds. The molecule has 0 aliphatic rings. The Balaban J connectivity index is 0.00000288. The zero-order chi connectivity index (χ0) is 16.7. The Morgan fingerprint density at radius 1 is 1.28 bits per heavy atom. The molecule has 0 fully saturated rings. The fraction of sp³-hybridized carbons (Fsp3) is 0.412. The van der Waals surface area contributed by atoms with Crippen LogP contribution in [0.25, 0.3) is 5.69 Å². The van der Waals surface area contributed by atoms with Crippen molar-refractivity contribution in [2.24, 2.45) is 5.73 Å². The molecule has 1 atom stereocenters. The third-order valence-electron chi connectivity index (χ3n) is 3.63. The fourth-order valence-electron chi connectivity index (χ4n) is 2.40. The number of nitrogens with two attached hydrogens (primary N) is 2. The van der Waals surface area contributed by atoms with Crippen molar-refractivity contribution in [3.8, 4) is 5.69 Å². The minimum absolute atomic E-state index is 0. The minimum atomic E-state index is -0.409. The summed E-state index contributed by atoms with van der Waals surface area (Å²) in [6.07, 6.45) is 3.18. The van der Waals surface area contributed by atoms with E-state index in [9.17, 15) is 4.79 Å². The summed E-state index contributed by atoms with van der Waals surface area (Å²) < 4.78 is 1.73. The average Bonchev–Trinajstić information content (AvgIpc) is 2.93. The summed E-state index contributed by atoms with van der Waals surface area (Å²) in [5.74, 6) is 0.529. The predicted octanol–water partition coefficient (Wildman–Crippen LogP) is 2.47. The van der Waals surface area contributed by atoms with Crippen LogP contribution in [0.3, 0.4) is 0 Å². The zero-order valence-electron chi connectivity index (χ0n) is 14.4. The molecule has 0 aliphatic heterocycles. The molecule has 1 heterocycles. The second-order valence-electron chi connectivity index (χ2n) is 5.60. The van der Waals surface area contributed by atoms with E-state index in [2.05, 4.69) is 10.4 Å². The fourth-order valence-corrected chi connectivity index (χ4v) is 2.40. The van der Waals surface area contributed by atoms with Crippen LogP contribution >= 0.6 is 24.8 Å². The van der Waals surface area contributed by atoms with Crippen LogP contribution in [0.1, 0.15) is 31.9 Å². The number of carbonyl (C=O) groups is 1. The Morgan fingerprint density at radius 3 is 2.60 bits per heavy atom. The summed E-state index contributed by atoms with van der Waals surface area (Å²) in [7, 11) is 0. The van der Waals surface area contributed by atoms with Crippen molar-refractivity contribution in [3.05, 3.63) is 42.1 Å². The number of anilines is 1. The first-order valence-corrected chi connectivity index (χ1v) is 8.05. The molecule has 5 N–H and O–H groups in total. The van der Waals surface area contributed by atoms with Gasteiger partial charge in [-0.3, -0.25) is 4.79 Å². The molecule has 1 aromatic carbocycles. The Morgan fingerprint density at radius 2 is 1.96 bits per heavy atom. The molecule has 0 radical (unpaired) electrons. The van der Waals surface area contributed by atoms with Gasteiger partial charge in [-0.05, 0) is 31.4 Å². The van der Waals surface area contributed by atoms with Crippen molar-refractivity contribution in [3.63, 3.8) is 0 Å². The van der Waals surface area contributed by atoms with Crippen molar-refractivity contribution >= 4 is 36.5 Å². The summed E-state index contributed by atoms with van der Waals surface area (Å²) >= 11 is 0. The quantitative estimate of drug-likeness (QED) is 0.605. The highest BCUT2D eigenvalue weighted by molar-refractivity contribution is 5.85. The number of benzene rings is 1. The third-order valence-corrected chi connectivity index (χ3v) is 3.63. The molecule has 0 aliphatic carbocycles. The lowest BCUT2D eigenvalue weighted by atomic mass is 10.1. The number of para-hydroxylation sites is 1. The molecule has 2 rings (SSSR count). The van der Waals surface area contributed by atoms with Gasteiger partial charge in [0.25, 0.3) is 0 Å². The zero-order valence-corrected chi connectivity index (χ0v) is 16.0. The van der Waals surface area contributed by atoms with Gasteiger partial charge in [-0.15, -0.1) is 24.8 Å². The number of nitrogen functional groups attached to an aromatic ring is 1. The highest BCUT2D eigenvalue weighted by Gasteiger charge is 2.11. The number of nitrogens with one attached hydrogen (secondary N) is 1. The van der Waals surface area contributed by atoms with E-state index < -0.39 is 6.04 Å². The lowest BCUT2D eigenvalue weighted by molar-refractivity contribution is -0.122. The lowest BCUT2D eigenvalue weighted by Crippen LogP contribution is -2.40. The number of halogens is 2. The molecule has 1 aromatic heterocycles. The maximum Gasteiger partial charge on any atom is 0.236 e. The summed E-state index contributed by atoms with van der Waals surface area (Å²) in [4.78, 5) is 11.7. The maximum atomic E-state index is 11.7. The van der Waals surface area contributed by atoms with E-state index in [0.29, 0.717) is 18.8 Å². The number of carbonyl (C=O) groups excluding carboxylic acids is 1. The van der Waals surface area contributed by atoms with Crippen LogP contribution in [0.2, 0.25) is 0 Å². The van der Waals surface area contributed by atoms with Gasteiger partial charge in [-0.1, -0.05) is 31.5 Å². The molecule has 0 saturated carbocycles. The van der Waals surface area contributed by atoms with Gasteiger partial charge in [0.15, 0.2) is 0 Å². The molecule has 1 unspecified atom stereocenters. The molecule has 0 bridgehead atoms. The third kappa shape index (κ3) is 6.94. The first-order chi connectivity index (χ1) is 11.1. The average molecular weight is 388 g/mol. The first kappa shape index (κ1) is 23.2. The number of amides is 1. The predicted molar refractivity (Wildman–Crippen MR) is 107 cm³/mol. The van der Waals surface area contributed by atoms with E-state index in [0.717, 1.165) is 30.6 Å². The Labute approximate surface area is 161 Å². The van der Waals surface area contributed by atoms with Gasteiger partial charge < -0.3 is 16.8 Å². The maximum absolute atomic E-state index is 11.7. The second kappa shape index (κ2) is 11.7. The normalized spacial score (nSPS) is 11.1. The van der Waals surface area contributed by atoms with E-state index in [1.54, 1.807) is 4.68 Å². The van der Waals surface area contributed by atoms with Crippen LogP contribution in [0.4, 0.5) is 5.82 Å². The van der Waals surface area contributed by atoms with Crippen molar-refractivity contribution in [2.45, 2.75) is 38.6 Å². The smallest absolute Gasteiger partial charge is 0.236 e. The van der Waals surface area contributed by atoms with E-state index in [1.165, 1.54) is 0 Å². The van der Waals surface area contributed by atoms with Crippen molar-refractivity contribution < 1.29 is 4.79 Å². The van der Waals surface area contributed by atoms with Crippen molar-refractivity contribution in [1.29, 1.82) is 0 Å².